The van der Waals surface area contributed by atoms with Gasteiger partial charge in [0, 0.05) is 5.56 Å². The molecule has 1 unspecified atom stereocenters. The third-order valence-corrected chi connectivity index (χ3v) is 5.56. The van der Waals surface area contributed by atoms with Gasteiger partial charge in [0.25, 0.3) is 5.22 Å². The van der Waals surface area contributed by atoms with Crippen molar-refractivity contribution in [2.45, 2.75) is 30.2 Å². The van der Waals surface area contributed by atoms with Gasteiger partial charge < -0.3 is 18.4 Å². The highest BCUT2D eigenvalue weighted by Gasteiger charge is 2.20. The van der Waals surface area contributed by atoms with Crippen LogP contribution in [-0.4, -0.2) is 34.6 Å². The average molecular weight is 439 g/mol. The molecule has 31 heavy (non-hydrogen) atoms. The Bertz CT molecular complexity index is 1130. The number of ether oxygens (including phenoxy) is 2. The molecule has 8 nitrogen and oxygen atoms in total. The van der Waals surface area contributed by atoms with Crippen molar-refractivity contribution in [3.8, 4) is 22.9 Å². The maximum atomic E-state index is 5.88. The van der Waals surface area contributed by atoms with Crippen LogP contribution in [0.5, 0.6) is 11.5 Å². The summed E-state index contributed by atoms with van der Waals surface area (Å²) in [5.41, 5.74) is 1.92. The topological polar surface area (TPSA) is 96.3 Å². The summed E-state index contributed by atoms with van der Waals surface area (Å²) in [4.78, 5) is 4.45. The molecule has 0 bridgehead atoms. The van der Waals surface area contributed by atoms with Crippen LogP contribution < -0.4 is 9.47 Å². The Labute approximate surface area is 184 Å². The SMILES string of the molecule is CCC(c1ccccc1)c1nnc(SCc2nc(-c3ccc(OC)c(OC)c3)no2)o1. The number of methoxy groups -OCH3 is 2. The predicted molar refractivity (Wildman–Crippen MR) is 115 cm³/mol. The van der Waals surface area contributed by atoms with Crippen molar-refractivity contribution >= 4 is 11.8 Å². The zero-order valence-electron chi connectivity index (χ0n) is 17.4. The second-order valence-electron chi connectivity index (χ2n) is 6.65. The lowest BCUT2D eigenvalue weighted by molar-refractivity contribution is 0.355. The Balaban J connectivity index is 1.43. The molecule has 2 heterocycles. The van der Waals surface area contributed by atoms with E-state index in [1.807, 2.05) is 24.3 Å². The monoisotopic (exact) mass is 438 g/mol. The quantitative estimate of drug-likeness (QED) is 0.335. The Hall–Kier alpha value is -3.33. The molecule has 0 aliphatic rings. The molecule has 0 saturated heterocycles. The Morgan fingerprint density at radius 2 is 1.81 bits per heavy atom. The van der Waals surface area contributed by atoms with Gasteiger partial charge in [-0.3, -0.25) is 0 Å². The molecular weight excluding hydrogens is 416 g/mol. The van der Waals surface area contributed by atoms with Crippen LogP contribution in [0.25, 0.3) is 11.4 Å². The van der Waals surface area contributed by atoms with E-state index in [9.17, 15) is 0 Å². The standard InChI is InChI=1S/C22H22N4O4S/c1-4-16(14-8-6-5-7-9-14)21-24-25-22(29-21)31-13-19-23-20(26-30-19)15-10-11-17(27-2)18(12-15)28-3/h5-12,16H,4,13H2,1-3H3. The van der Waals surface area contributed by atoms with Crippen molar-refractivity contribution < 1.29 is 18.4 Å². The van der Waals surface area contributed by atoms with Gasteiger partial charge in [-0.2, -0.15) is 4.98 Å². The van der Waals surface area contributed by atoms with E-state index in [1.165, 1.54) is 11.8 Å². The van der Waals surface area contributed by atoms with E-state index in [0.717, 1.165) is 17.5 Å². The van der Waals surface area contributed by atoms with Gasteiger partial charge in [0.2, 0.25) is 17.6 Å². The zero-order valence-corrected chi connectivity index (χ0v) is 18.3. The number of thioether (sulfide) groups is 1. The minimum absolute atomic E-state index is 0.0723. The van der Waals surface area contributed by atoms with Crippen LogP contribution in [0.1, 0.15) is 36.6 Å². The molecule has 2 aromatic carbocycles. The molecule has 0 amide bonds. The van der Waals surface area contributed by atoms with Gasteiger partial charge in [-0.25, -0.2) is 0 Å². The first-order chi connectivity index (χ1) is 15.2. The second kappa shape index (κ2) is 9.65. The lowest BCUT2D eigenvalue weighted by atomic mass is 9.97. The molecule has 0 N–H and O–H groups in total. The fourth-order valence-corrected chi connectivity index (χ4v) is 3.79. The molecule has 160 valence electrons. The van der Waals surface area contributed by atoms with Crippen LogP contribution in [0.15, 0.2) is 62.7 Å². The third-order valence-electron chi connectivity index (χ3n) is 4.76. The third kappa shape index (κ3) is 4.72. The molecule has 2 aromatic heterocycles. The summed E-state index contributed by atoms with van der Waals surface area (Å²) in [6, 6.07) is 15.6. The predicted octanol–water partition coefficient (Wildman–Crippen LogP) is 4.97. The highest BCUT2D eigenvalue weighted by atomic mass is 32.2. The van der Waals surface area contributed by atoms with Crippen molar-refractivity contribution in [2.24, 2.45) is 0 Å². The highest BCUT2D eigenvalue weighted by molar-refractivity contribution is 7.98. The van der Waals surface area contributed by atoms with E-state index < -0.39 is 0 Å². The van der Waals surface area contributed by atoms with Crippen molar-refractivity contribution in [1.29, 1.82) is 0 Å². The van der Waals surface area contributed by atoms with Gasteiger partial charge in [0.15, 0.2) is 11.5 Å². The van der Waals surface area contributed by atoms with E-state index >= 15 is 0 Å². The first-order valence-electron chi connectivity index (χ1n) is 9.78. The number of nitrogens with zero attached hydrogens (tertiary/aromatic N) is 4. The first kappa shape index (κ1) is 20.9. The minimum Gasteiger partial charge on any atom is -0.493 e. The van der Waals surface area contributed by atoms with Crippen molar-refractivity contribution in [2.75, 3.05) is 14.2 Å². The summed E-state index contributed by atoms with van der Waals surface area (Å²) in [6.07, 6.45) is 0.870. The van der Waals surface area contributed by atoms with Crippen LogP contribution in [0, 0.1) is 0 Å². The van der Waals surface area contributed by atoms with Gasteiger partial charge in [-0.15, -0.1) is 10.2 Å². The van der Waals surface area contributed by atoms with Crippen molar-refractivity contribution in [1.82, 2.24) is 20.3 Å². The summed E-state index contributed by atoms with van der Waals surface area (Å²) in [6.45, 7) is 2.10. The van der Waals surface area contributed by atoms with Crippen molar-refractivity contribution in [3.05, 3.63) is 65.9 Å². The Kier molecular flexibility index (Phi) is 6.51. The Morgan fingerprint density at radius 3 is 2.55 bits per heavy atom. The van der Waals surface area contributed by atoms with Gasteiger partial charge in [0.1, 0.15) is 0 Å². The molecule has 0 radical (unpaired) electrons. The lowest BCUT2D eigenvalue weighted by Crippen LogP contribution is -1.99. The number of hydrogen-bond donors (Lipinski definition) is 0. The van der Waals surface area contributed by atoms with Gasteiger partial charge in [0.05, 0.1) is 25.9 Å². The summed E-state index contributed by atoms with van der Waals surface area (Å²) in [7, 11) is 3.17. The molecule has 9 heteroatoms. The summed E-state index contributed by atoms with van der Waals surface area (Å²) < 4.78 is 21.8. The molecular formula is C22H22N4O4S. The molecule has 0 aliphatic heterocycles. The van der Waals surface area contributed by atoms with Gasteiger partial charge in [-0.1, -0.05) is 54.2 Å². The zero-order chi connectivity index (χ0) is 21.6. The van der Waals surface area contributed by atoms with E-state index in [2.05, 4.69) is 39.4 Å². The normalized spacial score (nSPS) is 12.0. The van der Waals surface area contributed by atoms with Gasteiger partial charge >= 0.3 is 0 Å². The number of rotatable bonds is 9. The summed E-state index contributed by atoms with van der Waals surface area (Å²) in [5.74, 6) is 3.27. The van der Waals surface area contributed by atoms with E-state index in [-0.39, 0.29) is 5.92 Å². The maximum absolute atomic E-state index is 5.88. The van der Waals surface area contributed by atoms with Crippen LogP contribution in [0.2, 0.25) is 0 Å². The average Bonchev–Trinajstić information content (AvgIpc) is 3.48. The first-order valence-corrected chi connectivity index (χ1v) is 10.8. The van der Waals surface area contributed by atoms with Crippen molar-refractivity contribution in [3.63, 3.8) is 0 Å². The maximum Gasteiger partial charge on any atom is 0.277 e. The van der Waals surface area contributed by atoms with Crippen LogP contribution >= 0.6 is 11.8 Å². The number of hydrogen-bond acceptors (Lipinski definition) is 9. The highest BCUT2D eigenvalue weighted by Crippen LogP contribution is 2.32. The van der Waals surface area contributed by atoms with Crippen LogP contribution in [-0.2, 0) is 5.75 Å². The molecule has 0 fully saturated rings. The number of benzene rings is 2. The fraction of sp³-hybridized carbons (Fsp3) is 0.273. The Morgan fingerprint density at radius 1 is 1.00 bits per heavy atom. The fourth-order valence-electron chi connectivity index (χ4n) is 3.19. The smallest absolute Gasteiger partial charge is 0.277 e. The largest absolute Gasteiger partial charge is 0.493 e. The van der Waals surface area contributed by atoms with Crippen LogP contribution in [0.3, 0.4) is 0 Å². The van der Waals surface area contributed by atoms with E-state index in [4.69, 9.17) is 18.4 Å². The molecule has 0 saturated carbocycles. The van der Waals surface area contributed by atoms with E-state index in [1.54, 1.807) is 26.4 Å². The van der Waals surface area contributed by atoms with E-state index in [0.29, 0.717) is 40.1 Å². The summed E-state index contributed by atoms with van der Waals surface area (Å²) >= 11 is 1.36. The molecule has 0 aliphatic carbocycles. The van der Waals surface area contributed by atoms with Gasteiger partial charge in [-0.05, 0) is 30.2 Å². The second-order valence-corrected chi connectivity index (χ2v) is 7.57. The molecule has 4 aromatic rings. The molecule has 0 spiro atoms. The molecule has 4 rings (SSSR count). The molecule has 1 atom stereocenters. The lowest BCUT2D eigenvalue weighted by Gasteiger charge is -2.09. The minimum atomic E-state index is 0.0723. The summed E-state index contributed by atoms with van der Waals surface area (Å²) in [5, 5.41) is 12.9. The number of aromatic nitrogens is 4. The van der Waals surface area contributed by atoms with Crippen LogP contribution in [0.4, 0.5) is 0 Å².